The summed E-state index contributed by atoms with van der Waals surface area (Å²) in [4.78, 5) is 6.90. The van der Waals surface area contributed by atoms with E-state index >= 15 is 0 Å². The first kappa shape index (κ1) is 27.1. The molecule has 0 aliphatic carbocycles. The molecule has 1 aliphatic rings. The number of anilines is 1. The van der Waals surface area contributed by atoms with E-state index in [2.05, 4.69) is 74.9 Å². The van der Waals surface area contributed by atoms with Crippen LogP contribution in [0.3, 0.4) is 0 Å². The lowest BCUT2D eigenvalue weighted by atomic mass is 9.96. The summed E-state index contributed by atoms with van der Waals surface area (Å²) in [5.41, 5.74) is 6.51. The van der Waals surface area contributed by atoms with Gasteiger partial charge in [0.1, 0.15) is 17.2 Å². The van der Waals surface area contributed by atoms with Crippen molar-refractivity contribution in [1.29, 1.82) is 0 Å². The first-order valence-electron chi connectivity index (χ1n) is 13.3. The van der Waals surface area contributed by atoms with Crippen LogP contribution in [0.4, 0.5) is 5.69 Å². The van der Waals surface area contributed by atoms with Crippen LogP contribution in [0.1, 0.15) is 34.7 Å². The molecule has 3 aromatic carbocycles. The Balaban J connectivity index is 1.39. The largest absolute Gasteiger partial charge is 0.497 e. The number of ether oxygens (including phenoxy) is 2. The highest BCUT2D eigenvalue weighted by Crippen LogP contribution is 2.44. The summed E-state index contributed by atoms with van der Waals surface area (Å²) in [7, 11) is 1.65. The number of nitrogens with zero attached hydrogens (tertiary/aromatic N) is 3. The summed E-state index contributed by atoms with van der Waals surface area (Å²) >= 11 is 9.59. The quantitative estimate of drug-likeness (QED) is 0.184. The highest BCUT2D eigenvalue weighted by atomic mass is 79.9. The minimum atomic E-state index is -0.129. The number of aryl methyl sites for hydroxylation is 1. The Kier molecular flexibility index (Phi) is 7.51. The van der Waals surface area contributed by atoms with Gasteiger partial charge in [0.15, 0.2) is 5.11 Å². The third-order valence-electron chi connectivity index (χ3n) is 7.36. The summed E-state index contributed by atoms with van der Waals surface area (Å²) in [5.74, 6) is 2.27. The number of hydrogen-bond donors (Lipinski definition) is 1. The van der Waals surface area contributed by atoms with Crippen LogP contribution in [0.2, 0.25) is 0 Å². The second kappa shape index (κ2) is 11.4. The van der Waals surface area contributed by atoms with E-state index in [9.17, 15) is 0 Å². The smallest absolute Gasteiger partial charge is 0.174 e. The Hall–Kier alpha value is -4.14. The zero-order valence-electron chi connectivity index (χ0n) is 22.9. The number of benzene rings is 3. The molecule has 2 atom stereocenters. The Morgan fingerprint density at radius 3 is 2.20 bits per heavy atom. The van der Waals surface area contributed by atoms with Gasteiger partial charge >= 0.3 is 0 Å². The molecule has 1 aliphatic heterocycles. The lowest BCUT2D eigenvalue weighted by Crippen LogP contribution is -2.29. The second-order valence-electron chi connectivity index (χ2n) is 9.91. The monoisotopic (exact) mass is 624 g/mol. The maximum atomic E-state index is 6.08. The number of nitrogens with one attached hydrogen (secondary N) is 1. The van der Waals surface area contributed by atoms with Gasteiger partial charge in [-0.1, -0.05) is 28.1 Å². The lowest BCUT2D eigenvalue weighted by molar-refractivity contribution is 0.413. The molecule has 2 aromatic heterocycles. The van der Waals surface area contributed by atoms with E-state index in [1.165, 1.54) is 5.56 Å². The highest BCUT2D eigenvalue weighted by molar-refractivity contribution is 9.10. The molecule has 0 radical (unpaired) electrons. The first-order valence-corrected chi connectivity index (χ1v) is 14.5. The van der Waals surface area contributed by atoms with Crippen molar-refractivity contribution in [2.24, 2.45) is 0 Å². The zero-order valence-corrected chi connectivity index (χ0v) is 25.3. The minimum absolute atomic E-state index is 0.113. The number of pyridine rings is 1. The average molecular weight is 626 g/mol. The minimum Gasteiger partial charge on any atom is -0.497 e. The van der Waals surface area contributed by atoms with Crippen LogP contribution in [0, 0.1) is 13.8 Å². The molecule has 2 unspecified atom stereocenters. The van der Waals surface area contributed by atoms with Crippen molar-refractivity contribution in [3.05, 3.63) is 130 Å². The molecule has 1 fully saturated rings. The molecular weight excluding hydrogens is 596 g/mol. The van der Waals surface area contributed by atoms with E-state index in [1.807, 2.05) is 72.9 Å². The predicted molar refractivity (Wildman–Crippen MR) is 170 cm³/mol. The van der Waals surface area contributed by atoms with E-state index in [1.54, 1.807) is 7.11 Å². The SMILES string of the molecule is COc1ccc(Oc2ccc(N3C(=S)NC(c4ccccn4)C3c3cc(C)n(-c4cccc(Br)c4)c3C)cc2)cc1. The first-order chi connectivity index (χ1) is 19.9. The third kappa shape index (κ3) is 5.33. The molecular formula is C33H29BrN4O2S. The Bertz CT molecular complexity index is 1690. The number of methoxy groups -OCH3 is 1. The highest BCUT2D eigenvalue weighted by Gasteiger charge is 2.42. The van der Waals surface area contributed by atoms with Crippen LogP contribution < -0.4 is 19.7 Å². The molecule has 6 nitrogen and oxygen atoms in total. The molecule has 8 heteroatoms. The van der Waals surface area contributed by atoms with Gasteiger partial charge in [-0.05, 0) is 117 Å². The average Bonchev–Trinajstić information content (AvgIpc) is 3.49. The molecule has 1 saturated heterocycles. The summed E-state index contributed by atoms with van der Waals surface area (Å²) in [6.07, 6.45) is 1.83. The van der Waals surface area contributed by atoms with Crippen LogP contribution in [-0.2, 0) is 0 Å². The fourth-order valence-electron chi connectivity index (χ4n) is 5.50. The Labute approximate surface area is 253 Å². The van der Waals surface area contributed by atoms with Crippen molar-refractivity contribution in [1.82, 2.24) is 14.9 Å². The fraction of sp³-hybridized carbons (Fsp3) is 0.152. The molecule has 1 N–H and O–H groups in total. The van der Waals surface area contributed by atoms with E-state index in [0.717, 1.165) is 50.2 Å². The van der Waals surface area contributed by atoms with Gasteiger partial charge in [0, 0.05) is 33.4 Å². The molecule has 41 heavy (non-hydrogen) atoms. The second-order valence-corrected chi connectivity index (χ2v) is 11.2. The maximum absolute atomic E-state index is 6.08. The van der Waals surface area contributed by atoms with E-state index in [0.29, 0.717) is 5.11 Å². The van der Waals surface area contributed by atoms with Gasteiger partial charge in [-0.2, -0.15) is 0 Å². The normalized spacial score (nSPS) is 16.5. The van der Waals surface area contributed by atoms with Crippen molar-refractivity contribution < 1.29 is 9.47 Å². The molecule has 3 heterocycles. The van der Waals surface area contributed by atoms with Gasteiger partial charge in [-0.25, -0.2) is 0 Å². The van der Waals surface area contributed by atoms with Gasteiger partial charge in [-0.15, -0.1) is 0 Å². The van der Waals surface area contributed by atoms with Crippen molar-refractivity contribution in [3.8, 4) is 22.9 Å². The molecule has 0 bridgehead atoms. The molecule has 6 rings (SSSR count). The Morgan fingerprint density at radius 1 is 0.829 bits per heavy atom. The van der Waals surface area contributed by atoms with E-state index in [4.69, 9.17) is 26.7 Å². The van der Waals surface area contributed by atoms with Crippen LogP contribution in [0.15, 0.2) is 108 Å². The third-order valence-corrected chi connectivity index (χ3v) is 8.17. The van der Waals surface area contributed by atoms with E-state index < -0.39 is 0 Å². The molecule has 0 amide bonds. The van der Waals surface area contributed by atoms with Crippen molar-refractivity contribution in [3.63, 3.8) is 0 Å². The predicted octanol–water partition coefficient (Wildman–Crippen LogP) is 8.23. The lowest BCUT2D eigenvalue weighted by Gasteiger charge is -2.28. The maximum Gasteiger partial charge on any atom is 0.174 e. The van der Waals surface area contributed by atoms with Crippen LogP contribution >= 0.6 is 28.1 Å². The van der Waals surface area contributed by atoms with Crippen LogP contribution in [0.5, 0.6) is 17.2 Å². The number of thiocarbonyl (C=S) groups is 1. The summed E-state index contributed by atoms with van der Waals surface area (Å²) in [6, 6.07) is 32.0. The molecule has 0 spiro atoms. The summed E-state index contributed by atoms with van der Waals surface area (Å²) < 4.78 is 14.7. The topological polar surface area (TPSA) is 51.6 Å². The molecule has 5 aromatic rings. The number of hydrogen-bond acceptors (Lipinski definition) is 4. The number of halogens is 1. The van der Waals surface area contributed by atoms with Gasteiger partial charge in [0.2, 0.25) is 0 Å². The summed E-state index contributed by atoms with van der Waals surface area (Å²) in [6.45, 7) is 4.31. The van der Waals surface area contributed by atoms with Crippen LogP contribution in [0.25, 0.3) is 5.69 Å². The van der Waals surface area contributed by atoms with Crippen molar-refractivity contribution >= 4 is 38.9 Å². The fourth-order valence-corrected chi connectivity index (χ4v) is 6.24. The van der Waals surface area contributed by atoms with Gasteiger partial charge in [0.05, 0.1) is 24.9 Å². The van der Waals surface area contributed by atoms with Gasteiger partial charge in [-0.3, -0.25) is 4.98 Å². The van der Waals surface area contributed by atoms with E-state index in [-0.39, 0.29) is 12.1 Å². The van der Waals surface area contributed by atoms with Gasteiger partial charge < -0.3 is 24.3 Å². The molecule has 0 saturated carbocycles. The van der Waals surface area contributed by atoms with Crippen molar-refractivity contribution in [2.45, 2.75) is 25.9 Å². The standard InChI is InChI=1S/C33H29BrN4O2S/c1-21-19-29(22(2)37(21)25-8-6-7-23(34)20-25)32-31(30-9-4-5-18-35-30)36-33(41)38(32)24-10-12-27(13-11-24)40-28-16-14-26(39-3)15-17-28/h4-20,31-32H,1-3H3,(H,36,41). The van der Waals surface area contributed by atoms with Crippen LogP contribution in [-0.4, -0.2) is 21.8 Å². The zero-order chi connectivity index (χ0) is 28.5. The van der Waals surface area contributed by atoms with Gasteiger partial charge in [0.25, 0.3) is 0 Å². The molecule has 206 valence electrons. The number of aromatic nitrogens is 2. The summed E-state index contributed by atoms with van der Waals surface area (Å²) in [5, 5.41) is 4.23. The Morgan fingerprint density at radius 2 is 1.54 bits per heavy atom. The number of rotatable bonds is 7. The van der Waals surface area contributed by atoms with Crippen molar-refractivity contribution in [2.75, 3.05) is 12.0 Å².